The molecule has 0 saturated carbocycles. The van der Waals surface area contributed by atoms with Gasteiger partial charge in [0.1, 0.15) is 5.75 Å². The van der Waals surface area contributed by atoms with Crippen LogP contribution in [-0.2, 0) is 14.8 Å². The average molecular weight is 426 g/mol. The van der Waals surface area contributed by atoms with Crippen LogP contribution < -0.4 is 10.1 Å². The average Bonchev–Trinajstić information content (AvgIpc) is 2.75. The molecule has 1 aromatic carbocycles. The molecule has 2 fully saturated rings. The van der Waals surface area contributed by atoms with E-state index in [9.17, 15) is 13.2 Å². The van der Waals surface area contributed by atoms with Gasteiger partial charge < -0.3 is 19.7 Å². The van der Waals surface area contributed by atoms with E-state index in [1.54, 1.807) is 6.07 Å². The first-order valence-electron chi connectivity index (χ1n) is 10.2. The summed E-state index contributed by atoms with van der Waals surface area (Å²) < 4.78 is 37.8. The Hall–Kier alpha value is -1.68. The molecule has 162 valence electrons. The zero-order chi connectivity index (χ0) is 20.9. The second-order valence-electron chi connectivity index (χ2n) is 7.47. The highest BCUT2D eigenvalue weighted by Gasteiger charge is 2.29. The number of morpholine rings is 1. The summed E-state index contributed by atoms with van der Waals surface area (Å²) in [6.45, 7) is 6.54. The maximum atomic E-state index is 12.9. The predicted molar refractivity (Wildman–Crippen MR) is 110 cm³/mol. The van der Waals surface area contributed by atoms with E-state index in [1.807, 2.05) is 0 Å². The molecule has 0 unspecified atom stereocenters. The molecular formula is C20H31N3O5S. The van der Waals surface area contributed by atoms with Gasteiger partial charge in [-0.25, -0.2) is 8.42 Å². The number of carbonyl (C=O) groups excluding carboxylic acids is 1. The molecule has 1 aromatic rings. The first-order chi connectivity index (χ1) is 14.0. The fourth-order valence-electron chi connectivity index (χ4n) is 3.84. The predicted octanol–water partition coefficient (Wildman–Crippen LogP) is 1.32. The van der Waals surface area contributed by atoms with Gasteiger partial charge in [0, 0.05) is 32.2 Å². The Labute approximate surface area is 173 Å². The number of hydrogen-bond acceptors (Lipinski definition) is 6. The minimum atomic E-state index is -3.68. The van der Waals surface area contributed by atoms with Gasteiger partial charge in [-0.1, -0.05) is 6.92 Å². The van der Waals surface area contributed by atoms with E-state index in [2.05, 4.69) is 17.1 Å². The number of nitrogens with one attached hydrogen (secondary N) is 1. The highest BCUT2D eigenvalue weighted by Crippen LogP contribution is 2.25. The van der Waals surface area contributed by atoms with Gasteiger partial charge in [0.2, 0.25) is 10.0 Å². The van der Waals surface area contributed by atoms with E-state index in [1.165, 1.54) is 23.5 Å². The Morgan fingerprint density at radius 1 is 1.21 bits per heavy atom. The second-order valence-corrected chi connectivity index (χ2v) is 9.41. The molecule has 0 spiro atoms. The molecule has 0 radical (unpaired) electrons. The van der Waals surface area contributed by atoms with Crippen LogP contribution in [0.2, 0.25) is 0 Å². The molecule has 8 nitrogen and oxygen atoms in total. The third-order valence-corrected chi connectivity index (χ3v) is 7.38. The number of amides is 1. The molecule has 0 bridgehead atoms. The van der Waals surface area contributed by atoms with Crippen LogP contribution >= 0.6 is 0 Å². The van der Waals surface area contributed by atoms with Gasteiger partial charge in [-0.2, -0.15) is 4.31 Å². The summed E-state index contributed by atoms with van der Waals surface area (Å²) in [4.78, 5) is 15.4. The molecule has 2 aliphatic heterocycles. The van der Waals surface area contributed by atoms with E-state index < -0.39 is 10.0 Å². The van der Waals surface area contributed by atoms with Crippen molar-refractivity contribution in [3.8, 4) is 5.75 Å². The number of ether oxygens (including phenoxy) is 2. The van der Waals surface area contributed by atoms with Crippen LogP contribution in [0.5, 0.6) is 5.75 Å². The van der Waals surface area contributed by atoms with Crippen molar-refractivity contribution in [3.63, 3.8) is 0 Å². The molecule has 0 aliphatic carbocycles. The van der Waals surface area contributed by atoms with E-state index in [0.717, 1.165) is 38.9 Å². The molecule has 0 atom stereocenters. The van der Waals surface area contributed by atoms with Crippen molar-refractivity contribution in [3.05, 3.63) is 23.8 Å². The lowest BCUT2D eigenvalue weighted by molar-refractivity contribution is 0.0730. The molecule has 0 aromatic heterocycles. The lowest BCUT2D eigenvalue weighted by Gasteiger charge is -2.32. The maximum absolute atomic E-state index is 12.9. The van der Waals surface area contributed by atoms with Crippen LogP contribution in [0.3, 0.4) is 0 Å². The molecule has 3 rings (SSSR count). The quantitative estimate of drug-likeness (QED) is 0.709. The highest BCUT2D eigenvalue weighted by molar-refractivity contribution is 7.89. The van der Waals surface area contributed by atoms with E-state index in [-0.39, 0.29) is 22.4 Å². The number of likely N-dealkylation sites (tertiary alicyclic amines) is 1. The maximum Gasteiger partial charge on any atom is 0.255 e. The van der Waals surface area contributed by atoms with Gasteiger partial charge in [-0.3, -0.25) is 4.79 Å². The van der Waals surface area contributed by atoms with E-state index in [0.29, 0.717) is 32.1 Å². The first-order valence-corrected chi connectivity index (χ1v) is 11.7. The zero-order valence-electron chi connectivity index (χ0n) is 17.2. The van der Waals surface area contributed by atoms with Crippen LogP contribution in [0, 0.1) is 0 Å². The summed E-state index contributed by atoms with van der Waals surface area (Å²) in [6.07, 6.45) is 2.90. The number of hydrogen-bond donors (Lipinski definition) is 1. The molecule has 9 heteroatoms. The molecule has 1 N–H and O–H groups in total. The summed E-state index contributed by atoms with van der Waals surface area (Å²) >= 11 is 0. The van der Waals surface area contributed by atoms with Crippen LogP contribution in [0.25, 0.3) is 0 Å². The summed E-state index contributed by atoms with van der Waals surface area (Å²) in [5.41, 5.74) is 0.248. The lowest BCUT2D eigenvalue weighted by atomic mass is 10.0. The monoisotopic (exact) mass is 425 g/mol. The van der Waals surface area contributed by atoms with Gasteiger partial charge >= 0.3 is 0 Å². The van der Waals surface area contributed by atoms with Crippen molar-refractivity contribution in [1.82, 2.24) is 14.5 Å². The number of rotatable bonds is 7. The van der Waals surface area contributed by atoms with Crippen LogP contribution in [0.15, 0.2) is 23.1 Å². The number of sulfonamides is 1. The van der Waals surface area contributed by atoms with Crippen LogP contribution in [0.1, 0.15) is 36.5 Å². The number of methoxy groups -OCH3 is 1. The molecule has 2 aliphatic rings. The molecular weight excluding hydrogens is 394 g/mol. The van der Waals surface area contributed by atoms with Crippen molar-refractivity contribution in [1.29, 1.82) is 0 Å². The first kappa shape index (κ1) is 22.0. The standard InChI is InChI=1S/C20H31N3O5S/c1-3-8-22-9-6-16(7-10-22)21-20(24)18-15-17(4-5-19(18)27-2)29(25,26)23-11-13-28-14-12-23/h4-5,15-16H,3,6-14H2,1-2H3,(H,21,24). The lowest BCUT2D eigenvalue weighted by Crippen LogP contribution is -2.45. The Kier molecular flexibility index (Phi) is 7.50. The molecule has 2 heterocycles. The summed E-state index contributed by atoms with van der Waals surface area (Å²) in [6, 6.07) is 4.54. The molecule has 29 heavy (non-hydrogen) atoms. The van der Waals surface area contributed by atoms with Crippen LogP contribution in [0.4, 0.5) is 0 Å². The van der Waals surface area contributed by atoms with Gasteiger partial charge in [0.25, 0.3) is 5.91 Å². The normalized spacial score (nSPS) is 19.8. The Balaban J connectivity index is 1.74. The zero-order valence-corrected chi connectivity index (χ0v) is 18.0. The smallest absolute Gasteiger partial charge is 0.255 e. The fraction of sp³-hybridized carbons (Fsp3) is 0.650. The Bertz CT molecular complexity index is 800. The highest BCUT2D eigenvalue weighted by atomic mass is 32.2. The third kappa shape index (κ3) is 5.28. The van der Waals surface area contributed by atoms with E-state index >= 15 is 0 Å². The number of carbonyl (C=O) groups is 1. The minimum absolute atomic E-state index is 0.0832. The van der Waals surface area contributed by atoms with Crippen molar-refractivity contribution in [2.45, 2.75) is 37.1 Å². The fourth-order valence-corrected chi connectivity index (χ4v) is 5.28. The topological polar surface area (TPSA) is 88.2 Å². The summed E-state index contributed by atoms with van der Waals surface area (Å²) in [7, 11) is -2.20. The number of benzene rings is 1. The third-order valence-electron chi connectivity index (χ3n) is 5.49. The van der Waals surface area contributed by atoms with Crippen molar-refractivity contribution >= 4 is 15.9 Å². The summed E-state index contributed by atoms with van der Waals surface area (Å²) in [5, 5.41) is 3.06. The Morgan fingerprint density at radius 3 is 2.52 bits per heavy atom. The SMILES string of the molecule is CCCN1CCC(NC(=O)c2cc(S(=O)(=O)N3CCOCC3)ccc2OC)CC1. The van der Waals surface area contributed by atoms with Crippen molar-refractivity contribution < 1.29 is 22.7 Å². The van der Waals surface area contributed by atoms with Crippen molar-refractivity contribution in [2.24, 2.45) is 0 Å². The largest absolute Gasteiger partial charge is 0.496 e. The van der Waals surface area contributed by atoms with Gasteiger partial charge in [-0.15, -0.1) is 0 Å². The van der Waals surface area contributed by atoms with Gasteiger partial charge in [0.15, 0.2) is 0 Å². The summed E-state index contributed by atoms with van der Waals surface area (Å²) in [5.74, 6) is 0.0710. The minimum Gasteiger partial charge on any atom is -0.496 e. The number of piperidine rings is 1. The van der Waals surface area contributed by atoms with Gasteiger partial charge in [0.05, 0.1) is 30.8 Å². The molecule has 2 saturated heterocycles. The molecule has 1 amide bonds. The van der Waals surface area contributed by atoms with E-state index in [4.69, 9.17) is 9.47 Å². The Morgan fingerprint density at radius 2 is 1.90 bits per heavy atom. The van der Waals surface area contributed by atoms with Crippen molar-refractivity contribution in [2.75, 3.05) is 53.0 Å². The van der Waals surface area contributed by atoms with Crippen LogP contribution in [-0.4, -0.2) is 82.6 Å². The number of nitrogens with zero attached hydrogens (tertiary/aromatic N) is 2. The van der Waals surface area contributed by atoms with Gasteiger partial charge in [-0.05, 0) is 44.0 Å². The second kappa shape index (κ2) is 9.88.